The van der Waals surface area contributed by atoms with E-state index in [0.29, 0.717) is 17.1 Å². The Bertz CT molecular complexity index is 1760. The van der Waals surface area contributed by atoms with Crippen LogP contribution in [0, 0.1) is 0 Å². The van der Waals surface area contributed by atoms with Gasteiger partial charge >= 0.3 is 11.9 Å². The molecule has 3 unspecified atom stereocenters. The summed E-state index contributed by atoms with van der Waals surface area (Å²) in [5, 5.41) is 8.78. The van der Waals surface area contributed by atoms with E-state index in [4.69, 9.17) is 15.2 Å². The number of benzene rings is 1. The second-order valence-electron chi connectivity index (χ2n) is 12.9. The van der Waals surface area contributed by atoms with Gasteiger partial charge in [-0.15, -0.1) is 16.9 Å². The van der Waals surface area contributed by atoms with Crippen molar-refractivity contribution in [2.45, 2.75) is 78.1 Å². The van der Waals surface area contributed by atoms with Gasteiger partial charge in [0.1, 0.15) is 46.8 Å². The van der Waals surface area contributed by atoms with E-state index in [1.165, 1.54) is 62.2 Å². The highest BCUT2D eigenvalue weighted by Crippen LogP contribution is 2.51. The fraction of sp³-hybridized carbons (Fsp3) is 0.567. The number of carbonyl (C=O) groups excluding carboxylic acids is 5. The fourth-order valence-electron chi connectivity index (χ4n) is 6.72. The largest absolute Gasteiger partial charge is 0.463 e. The highest BCUT2D eigenvalue weighted by Gasteiger charge is 2.70. The molecule has 3 amide bonds. The molecule has 2 aromatic rings. The summed E-state index contributed by atoms with van der Waals surface area (Å²) in [6.45, 7) is 5.01. The summed E-state index contributed by atoms with van der Waals surface area (Å²) in [7, 11) is -1.15. The van der Waals surface area contributed by atoms with E-state index in [1.54, 1.807) is 24.3 Å². The second-order valence-corrected chi connectivity index (χ2v) is 20.0. The van der Waals surface area contributed by atoms with Gasteiger partial charge < -0.3 is 30.3 Å². The standard InChI is InChI=1S/C30H37N7O9S4/c1-29(2)22(37-25(40)21(26(37)49-29)33-24(39)20(31)17-7-5-4-6-8-17)27(41)45-11-13-47-48-14-12-46-28(42)23-30(3,16-35-10-9-32-34-35)50(43,44)19-15-18(38)36(19)23/h4-10,19-23,26H,11-16,31H2,1-3H3,(H,33,39)/t19-,20?,21+,22?,23?,26+,30-/m0/s1. The number of esters is 2. The molecule has 0 saturated carbocycles. The lowest BCUT2D eigenvalue weighted by atomic mass is 9.95. The molecule has 20 heteroatoms. The van der Waals surface area contributed by atoms with Gasteiger partial charge in [-0.25, -0.2) is 18.0 Å². The van der Waals surface area contributed by atoms with Crippen molar-refractivity contribution in [1.82, 2.24) is 30.1 Å². The zero-order chi connectivity index (χ0) is 36.0. The number of hydrogen-bond donors (Lipinski definition) is 2. The van der Waals surface area contributed by atoms with Crippen LogP contribution in [0.4, 0.5) is 0 Å². The van der Waals surface area contributed by atoms with Crippen molar-refractivity contribution < 1.29 is 41.9 Å². The van der Waals surface area contributed by atoms with Gasteiger partial charge in [-0.2, -0.15) is 0 Å². The van der Waals surface area contributed by atoms with Gasteiger partial charge in [-0.3, -0.25) is 19.1 Å². The molecule has 3 N–H and O–H groups in total. The molecule has 4 saturated heterocycles. The Morgan fingerprint density at radius 2 is 1.68 bits per heavy atom. The van der Waals surface area contributed by atoms with Crippen LogP contribution < -0.4 is 11.1 Å². The summed E-state index contributed by atoms with van der Waals surface area (Å²) >= 11 is 1.42. The lowest BCUT2D eigenvalue weighted by Gasteiger charge is -2.44. The van der Waals surface area contributed by atoms with Crippen molar-refractivity contribution in [3.8, 4) is 0 Å². The van der Waals surface area contributed by atoms with Crippen molar-refractivity contribution in [1.29, 1.82) is 0 Å². The summed E-state index contributed by atoms with van der Waals surface area (Å²) < 4.78 is 36.7. The molecule has 6 rings (SSSR count). The molecule has 0 radical (unpaired) electrons. The molecule has 0 spiro atoms. The Morgan fingerprint density at radius 3 is 2.28 bits per heavy atom. The number of aromatic nitrogens is 3. The number of rotatable bonds is 14. The van der Waals surface area contributed by atoms with Crippen molar-refractivity contribution in [2.24, 2.45) is 5.73 Å². The van der Waals surface area contributed by atoms with E-state index in [2.05, 4.69) is 15.6 Å². The zero-order valence-corrected chi connectivity index (χ0v) is 30.6. The van der Waals surface area contributed by atoms with E-state index in [1.807, 2.05) is 19.9 Å². The van der Waals surface area contributed by atoms with Gasteiger partial charge in [0.05, 0.1) is 19.2 Å². The quantitative estimate of drug-likeness (QED) is 0.113. The fourth-order valence-corrected chi connectivity index (χ4v) is 12.3. The van der Waals surface area contributed by atoms with Crippen LogP contribution in [0.5, 0.6) is 0 Å². The molecule has 0 bridgehead atoms. The Morgan fingerprint density at radius 1 is 1.04 bits per heavy atom. The lowest BCUT2D eigenvalue weighted by Crippen LogP contribution is -2.71. The van der Waals surface area contributed by atoms with Crippen molar-refractivity contribution in [2.75, 3.05) is 24.7 Å². The number of hydrogen-bond acceptors (Lipinski definition) is 15. The van der Waals surface area contributed by atoms with E-state index < -0.39 is 78.0 Å². The van der Waals surface area contributed by atoms with Gasteiger partial charge in [0.2, 0.25) is 17.7 Å². The van der Waals surface area contributed by atoms with Crippen LogP contribution in [0.15, 0.2) is 42.7 Å². The van der Waals surface area contributed by atoms with Crippen molar-refractivity contribution in [3.05, 3.63) is 48.3 Å². The van der Waals surface area contributed by atoms with E-state index in [0.717, 1.165) is 4.90 Å². The van der Waals surface area contributed by atoms with Gasteiger partial charge in [0, 0.05) is 22.4 Å². The molecule has 4 aliphatic heterocycles. The SMILES string of the molecule is CC1(C)S[C@@H]2[C@H](NC(=O)C(N)c3ccccc3)C(=O)N2C1C(=O)OCCSSCCOC(=O)C1N2C(=O)C[C@@H]2S(=O)(=O)[C@@]1(C)Cn1ccnn1. The van der Waals surface area contributed by atoms with Crippen LogP contribution in [0.3, 0.4) is 0 Å². The summed E-state index contributed by atoms with van der Waals surface area (Å²) in [5.41, 5.74) is 6.72. The molecule has 0 aliphatic carbocycles. The number of fused-ring (bicyclic) bond motifs is 2. The van der Waals surface area contributed by atoms with Gasteiger partial charge in [0.15, 0.2) is 15.9 Å². The molecule has 4 fully saturated rings. The molecule has 16 nitrogen and oxygen atoms in total. The lowest BCUT2D eigenvalue weighted by molar-refractivity contribution is -0.164. The first-order chi connectivity index (χ1) is 23.7. The molecule has 1 aromatic carbocycles. The smallest absolute Gasteiger partial charge is 0.330 e. The number of carbonyl (C=O) groups is 5. The summed E-state index contributed by atoms with van der Waals surface area (Å²) in [4.78, 5) is 67.1. The minimum Gasteiger partial charge on any atom is -0.463 e. The number of amides is 3. The van der Waals surface area contributed by atoms with Gasteiger partial charge in [-0.1, -0.05) is 57.1 Å². The summed E-state index contributed by atoms with van der Waals surface area (Å²) in [6.07, 6.45) is 2.71. The number of nitrogens with zero attached hydrogens (tertiary/aromatic N) is 5. The number of β-lactam (4-membered cyclic amide) rings is 2. The predicted molar refractivity (Wildman–Crippen MR) is 185 cm³/mol. The maximum Gasteiger partial charge on any atom is 0.330 e. The molecule has 7 atom stereocenters. The summed E-state index contributed by atoms with van der Waals surface area (Å²) in [5.74, 6) is -1.84. The van der Waals surface area contributed by atoms with E-state index >= 15 is 0 Å². The number of nitrogens with one attached hydrogen (secondary N) is 1. The highest BCUT2D eigenvalue weighted by molar-refractivity contribution is 8.76. The first-order valence-electron chi connectivity index (χ1n) is 15.8. The third kappa shape index (κ3) is 6.37. The van der Waals surface area contributed by atoms with Crippen LogP contribution in [0.25, 0.3) is 0 Å². The molecule has 1 aromatic heterocycles. The normalized spacial score (nSPS) is 29.3. The Hall–Kier alpha value is -3.33. The van der Waals surface area contributed by atoms with E-state index in [9.17, 15) is 32.4 Å². The van der Waals surface area contributed by atoms with Crippen LogP contribution in [-0.4, -0.2) is 126 Å². The number of thioether (sulfide) groups is 1. The van der Waals surface area contributed by atoms with Crippen LogP contribution in [0.2, 0.25) is 0 Å². The van der Waals surface area contributed by atoms with Gasteiger partial charge in [0.25, 0.3) is 0 Å². The Labute approximate surface area is 300 Å². The molecule has 5 heterocycles. The molecular formula is C30H37N7O9S4. The Kier molecular flexibility index (Phi) is 10.2. The van der Waals surface area contributed by atoms with Crippen molar-refractivity contribution >= 4 is 72.8 Å². The predicted octanol–water partition coefficient (Wildman–Crippen LogP) is 0.107. The monoisotopic (exact) mass is 767 g/mol. The molecule has 270 valence electrons. The van der Waals surface area contributed by atoms with E-state index in [-0.39, 0.29) is 32.1 Å². The maximum atomic E-state index is 13.3. The number of ether oxygens (including phenoxy) is 2. The minimum atomic E-state index is -3.90. The minimum absolute atomic E-state index is 0.0289. The average Bonchev–Trinajstić information content (AvgIpc) is 3.71. The maximum absolute atomic E-state index is 13.3. The van der Waals surface area contributed by atoms with Gasteiger partial charge in [-0.05, 0) is 26.3 Å². The molecule has 50 heavy (non-hydrogen) atoms. The molecular weight excluding hydrogens is 731 g/mol. The van der Waals surface area contributed by atoms with Crippen LogP contribution in [0.1, 0.15) is 38.8 Å². The van der Waals surface area contributed by atoms with Crippen LogP contribution in [-0.2, 0) is 49.8 Å². The number of sulfone groups is 1. The average molecular weight is 768 g/mol. The Balaban J connectivity index is 0.924. The summed E-state index contributed by atoms with van der Waals surface area (Å²) in [6, 6.07) is 4.97. The van der Waals surface area contributed by atoms with Crippen molar-refractivity contribution in [3.63, 3.8) is 0 Å². The highest BCUT2D eigenvalue weighted by atomic mass is 33.1. The zero-order valence-electron chi connectivity index (χ0n) is 27.4. The topological polar surface area (TPSA) is 213 Å². The third-order valence-corrected chi connectivity index (χ3v) is 16.0. The van der Waals surface area contributed by atoms with Crippen LogP contribution >= 0.6 is 33.3 Å². The second kappa shape index (κ2) is 14.0. The first-order valence-corrected chi connectivity index (χ1v) is 20.7. The third-order valence-electron chi connectivity index (χ3n) is 9.29. The molecule has 4 aliphatic rings. The first kappa shape index (κ1) is 36.5. The number of nitrogens with two attached hydrogens (primary N) is 1.